The molecular weight excluding hydrogens is 918 g/mol. The summed E-state index contributed by atoms with van der Waals surface area (Å²) in [6.07, 6.45) is -5.11. The lowest BCUT2D eigenvalue weighted by Crippen LogP contribution is -2.36. The molecule has 70 heavy (non-hydrogen) atoms. The minimum atomic E-state index is -4.85. The molecule has 7 aromatic rings. The number of hydrogen-bond donors (Lipinski definition) is 2. The first-order valence-corrected chi connectivity index (χ1v) is 21.7. The summed E-state index contributed by atoms with van der Waals surface area (Å²) < 4.78 is 69.0. The molecule has 2 N–H and O–H groups in total. The van der Waals surface area contributed by atoms with Crippen molar-refractivity contribution >= 4 is 23.7 Å². The van der Waals surface area contributed by atoms with Gasteiger partial charge in [-0.05, 0) is 84.6 Å². The fourth-order valence-electron chi connectivity index (χ4n) is 6.41. The van der Waals surface area contributed by atoms with Crippen molar-refractivity contribution in [1.29, 1.82) is 0 Å². The molecule has 0 radical (unpaired) electrons. The van der Waals surface area contributed by atoms with Gasteiger partial charge in [0.2, 0.25) is 5.82 Å². The summed E-state index contributed by atoms with van der Waals surface area (Å²) >= 11 is 0. The largest absolute Gasteiger partial charge is 0.573 e. The number of benzene rings is 5. The molecule has 0 spiro atoms. The number of halogens is 3. The van der Waals surface area contributed by atoms with Crippen LogP contribution >= 0.6 is 0 Å². The Kier molecular flexibility index (Phi) is 17.9. The number of carbonyl (C=O) groups is 3. The van der Waals surface area contributed by atoms with E-state index in [1.807, 2.05) is 75.4 Å². The highest BCUT2D eigenvalue weighted by molar-refractivity contribution is 5.77. The molecule has 0 saturated heterocycles. The third-order valence-corrected chi connectivity index (χ3v) is 9.65. The van der Waals surface area contributed by atoms with Crippen LogP contribution < -0.4 is 19.1 Å². The van der Waals surface area contributed by atoms with Gasteiger partial charge in [-0.3, -0.25) is 14.5 Å². The number of anilines is 1. The van der Waals surface area contributed by atoms with E-state index in [1.165, 1.54) is 17.0 Å². The molecule has 5 aromatic carbocycles. The molecule has 2 heterocycles. The van der Waals surface area contributed by atoms with Crippen molar-refractivity contribution in [3.05, 3.63) is 156 Å². The molecule has 0 unspecified atom stereocenters. The molecule has 0 aliphatic rings. The SMILES string of the molecule is Cc1ccc(-c2nc(COc3ccc(CN(CC(=O)O)C(=O)OCC(C)C)cc3)no2)cc1.O=C(O)CN(Cc1cccc(OCCc2noc(-c3ccccc3)n2)c1)c1cccc(OC(F)(F)F)c1. The lowest BCUT2D eigenvalue weighted by molar-refractivity contribution is -0.274. The second-order valence-corrected chi connectivity index (χ2v) is 16.0. The normalized spacial score (nSPS) is 11.0. The van der Waals surface area contributed by atoms with E-state index in [1.54, 1.807) is 48.5 Å². The van der Waals surface area contributed by atoms with Gasteiger partial charge in [-0.25, -0.2) is 4.79 Å². The van der Waals surface area contributed by atoms with E-state index in [2.05, 4.69) is 25.0 Å². The highest BCUT2D eigenvalue weighted by atomic mass is 19.4. The number of hydrogen-bond acceptors (Lipinski definition) is 14. The van der Waals surface area contributed by atoms with Gasteiger partial charge >= 0.3 is 24.4 Å². The Morgan fingerprint density at radius 1 is 0.671 bits per heavy atom. The van der Waals surface area contributed by atoms with Gasteiger partial charge in [0, 0.05) is 42.4 Å². The zero-order valence-corrected chi connectivity index (χ0v) is 38.2. The van der Waals surface area contributed by atoms with E-state index >= 15 is 0 Å². The molecule has 17 nitrogen and oxygen atoms in total. The fourth-order valence-corrected chi connectivity index (χ4v) is 6.41. The van der Waals surface area contributed by atoms with Crippen LogP contribution in [0.3, 0.4) is 0 Å². The minimum Gasteiger partial charge on any atom is -0.493 e. The molecule has 0 aliphatic heterocycles. The van der Waals surface area contributed by atoms with Crippen molar-refractivity contribution in [2.45, 2.75) is 53.3 Å². The first-order valence-electron chi connectivity index (χ1n) is 21.7. The predicted octanol–water partition coefficient (Wildman–Crippen LogP) is 9.65. The van der Waals surface area contributed by atoms with E-state index in [-0.39, 0.29) is 44.5 Å². The summed E-state index contributed by atoms with van der Waals surface area (Å²) in [4.78, 5) is 46.1. The van der Waals surface area contributed by atoms with Crippen molar-refractivity contribution in [1.82, 2.24) is 25.2 Å². The summed E-state index contributed by atoms with van der Waals surface area (Å²) in [7, 11) is 0. The Hall–Kier alpha value is -8.42. The third-order valence-electron chi connectivity index (χ3n) is 9.65. The first-order chi connectivity index (χ1) is 33.5. The second kappa shape index (κ2) is 24.6. The number of alkyl halides is 3. The van der Waals surface area contributed by atoms with Gasteiger partial charge in [-0.2, -0.15) is 9.97 Å². The molecule has 0 fully saturated rings. The number of carbonyl (C=O) groups excluding carboxylic acids is 1. The summed E-state index contributed by atoms with van der Waals surface area (Å²) in [6, 6.07) is 36.3. The molecule has 0 aliphatic carbocycles. The zero-order valence-electron chi connectivity index (χ0n) is 38.2. The van der Waals surface area contributed by atoms with E-state index < -0.39 is 43.2 Å². The van der Waals surface area contributed by atoms with Crippen LogP contribution in [0.5, 0.6) is 17.2 Å². The van der Waals surface area contributed by atoms with Gasteiger partial charge in [-0.1, -0.05) is 90.4 Å². The summed E-state index contributed by atoms with van der Waals surface area (Å²) in [5, 5.41) is 26.3. The number of nitrogens with zero attached hydrogens (tertiary/aromatic N) is 6. The van der Waals surface area contributed by atoms with Crippen molar-refractivity contribution in [3.8, 4) is 40.2 Å². The monoisotopic (exact) mass is 966 g/mol. The highest BCUT2D eigenvalue weighted by Gasteiger charge is 2.31. The third kappa shape index (κ3) is 16.7. The zero-order chi connectivity index (χ0) is 50.0. The van der Waals surface area contributed by atoms with Crippen LogP contribution in [0.1, 0.15) is 42.2 Å². The average molecular weight is 967 g/mol. The smallest absolute Gasteiger partial charge is 0.493 e. The molecule has 7 rings (SSSR count). The van der Waals surface area contributed by atoms with Crippen LogP contribution in [-0.2, 0) is 40.4 Å². The van der Waals surface area contributed by atoms with Gasteiger partial charge in [0.15, 0.2) is 12.4 Å². The standard InChI is InChI=1S/C26H22F3N3O5.C24H27N3O6/c27-26(28,29)36-22-11-5-9-20(15-22)32(17-24(33)34)16-18-6-4-10-21(14-18)35-13-12-23-30-25(37-31-23)19-7-2-1-3-8-19;1-16(2)14-32-24(30)27(13-22(28)29)12-18-6-10-20(11-7-18)31-15-21-25-23(33-26-21)19-8-4-17(3)5-9-19/h1-11,14-15H,12-13,16-17H2,(H,33,34);4-11,16H,12-15H2,1-3H3,(H,28,29). The Labute approximate surface area is 400 Å². The van der Waals surface area contributed by atoms with Gasteiger partial charge < -0.3 is 43.1 Å². The molecule has 0 atom stereocenters. The van der Waals surface area contributed by atoms with E-state index in [0.29, 0.717) is 46.9 Å². The molecule has 366 valence electrons. The van der Waals surface area contributed by atoms with Gasteiger partial charge in [-0.15, -0.1) is 13.2 Å². The van der Waals surface area contributed by atoms with Gasteiger partial charge in [0.05, 0.1) is 13.2 Å². The number of rotatable bonds is 21. The molecule has 2 aromatic heterocycles. The summed E-state index contributed by atoms with van der Waals surface area (Å²) in [5.74, 6) is 0.331. The highest BCUT2D eigenvalue weighted by Crippen LogP contribution is 2.28. The first kappa shape index (κ1) is 51.0. The minimum absolute atomic E-state index is 0.105. The van der Waals surface area contributed by atoms with Gasteiger partial charge in [0.1, 0.15) is 30.3 Å². The molecule has 20 heteroatoms. The number of carboxylic acid groups (broad SMARTS) is 2. The molecule has 0 bridgehead atoms. The lowest BCUT2D eigenvalue weighted by atomic mass is 10.1. The lowest BCUT2D eigenvalue weighted by Gasteiger charge is -2.24. The molecule has 1 amide bonds. The van der Waals surface area contributed by atoms with Crippen molar-refractivity contribution < 1.29 is 65.8 Å². The number of aryl methyl sites for hydroxylation is 1. The van der Waals surface area contributed by atoms with Crippen LogP contribution in [-0.4, -0.2) is 86.1 Å². The number of carboxylic acids is 2. The van der Waals surface area contributed by atoms with Crippen LogP contribution in [0.2, 0.25) is 0 Å². The maximum atomic E-state index is 12.6. The van der Waals surface area contributed by atoms with E-state index in [4.69, 9.17) is 28.4 Å². The summed E-state index contributed by atoms with van der Waals surface area (Å²) in [6.45, 7) is 5.79. The number of aliphatic carboxylic acids is 2. The number of ether oxygens (including phenoxy) is 4. The average Bonchev–Trinajstić information content (AvgIpc) is 4.01. The van der Waals surface area contributed by atoms with E-state index in [9.17, 15) is 32.7 Å². The topological polar surface area (TPSA) is 213 Å². The molecule has 0 saturated carbocycles. The maximum absolute atomic E-state index is 12.6. The fraction of sp³-hybridized carbons (Fsp3) is 0.260. The summed E-state index contributed by atoms with van der Waals surface area (Å²) in [5.41, 5.74) is 4.50. The predicted molar refractivity (Wildman–Crippen MR) is 247 cm³/mol. The van der Waals surface area contributed by atoms with Crippen molar-refractivity contribution in [2.24, 2.45) is 5.92 Å². The maximum Gasteiger partial charge on any atom is 0.573 e. The van der Waals surface area contributed by atoms with Crippen molar-refractivity contribution in [2.75, 3.05) is 31.2 Å². The Morgan fingerprint density at radius 3 is 1.99 bits per heavy atom. The van der Waals surface area contributed by atoms with Crippen LogP contribution in [0.15, 0.2) is 136 Å². The molecular formula is C50H49F3N6O11. The Balaban J connectivity index is 0.000000231. The van der Waals surface area contributed by atoms with Crippen molar-refractivity contribution in [3.63, 3.8) is 0 Å². The van der Waals surface area contributed by atoms with Crippen LogP contribution in [0, 0.1) is 12.8 Å². The number of amides is 1. The van der Waals surface area contributed by atoms with E-state index in [0.717, 1.165) is 39.3 Å². The van der Waals surface area contributed by atoms with Gasteiger partial charge in [0.25, 0.3) is 11.8 Å². The second-order valence-electron chi connectivity index (χ2n) is 16.0. The Bertz CT molecular complexity index is 2770. The Morgan fingerprint density at radius 2 is 1.31 bits per heavy atom. The van der Waals surface area contributed by atoms with Crippen LogP contribution in [0.25, 0.3) is 22.9 Å². The van der Waals surface area contributed by atoms with Crippen LogP contribution in [0.4, 0.5) is 23.7 Å². The quantitative estimate of drug-likeness (QED) is 0.0686. The number of aromatic nitrogens is 4.